The zero-order chi connectivity index (χ0) is 22.7. The Kier molecular flexibility index (Phi) is 6.03. The van der Waals surface area contributed by atoms with Crippen LogP contribution in [0.25, 0.3) is 0 Å². The highest BCUT2D eigenvalue weighted by Gasteiger charge is 2.52. The second-order valence-corrected chi connectivity index (χ2v) is 8.41. The number of allylic oxidation sites excluding steroid dienone is 4. The van der Waals surface area contributed by atoms with E-state index >= 15 is 0 Å². The molecule has 2 atom stereocenters. The van der Waals surface area contributed by atoms with Crippen LogP contribution in [-0.2, 0) is 5.41 Å². The first-order valence-electron chi connectivity index (χ1n) is 11.4. The third-order valence-electron chi connectivity index (χ3n) is 6.72. The molecule has 0 heterocycles. The van der Waals surface area contributed by atoms with Crippen molar-refractivity contribution in [3.05, 3.63) is 119 Å². The first-order valence-corrected chi connectivity index (χ1v) is 11.4. The van der Waals surface area contributed by atoms with Gasteiger partial charge in [0, 0.05) is 11.8 Å². The van der Waals surface area contributed by atoms with Gasteiger partial charge in [-0.15, -0.1) is 0 Å². The fraction of sp³-hybridized carbons (Fsp3) is 0.241. The molecule has 168 valence electrons. The molecule has 0 aromatic heterocycles. The van der Waals surface area contributed by atoms with E-state index in [-0.39, 0.29) is 37.8 Å². The minimum absolute atomic E-state index is 0.00928. The minimum atomic E-state index is -0.368. The standard InChI is InChI=1S/C29H28O4/c30-17-19-32-23-13-9-21(10-14-23)29(22-11-15-24(16-12-22)33-20-18-31)27-7-3-1-5-25(27)26-6-2-4-8-28(26)29/h1-16,25,27,30-31H,17-20H2/t25?,27-/m0/s1. The Labute approximate surface area is 194 Å². The summed E-state index contributed by atoms with van der Waals surface area (Å²) in [4.78, 5) is 0. The van der Waals surface area contributed by atoms with E-state index < -0.39 is 0 Å². The number of benzene rings is 3. The summed E-state index contributed by atoms with van der Waals surface area (Å²) in [6.07, 6.45) is 8.94. The molecule has 4 heteroatoms. The first kappa shape index (κ1) is 21.5. The molecule has 4 nitrogen and oxygen atoms in total. The van der Waals surface area contributed by atoms with Gasteiger partial charge in [-0.2, -0.15) is 0 Å². The Morgan fingerprint density at radius 1 is 0.667 bits per heavy atom. The monoisotopic (exact) mass is 440 g/mol. The van der Waals surface area contributed by atoms with Crippen molar-refractivity contribution >= 4 is 0 Å². The first-order chi connectivity index (χ1) is 16.3. The molecule has 0 fully saturated rings. The number of hydrogen-bond acceptors (Lipinski definition) is 4. The fourth-order valence-corrected chi connectivity index (χ4v) is 5.46. The molecule has 0 bridgehead atoms. The van der Waals surface area contributed by atoms with Gasteiger partial charge in [-0.3, -0.25) is 0 Å². The van der Waals surface area contributed by atoms with Crippen molar-refractivity contribution in [3.63, 3.8) is 0 Å². The largest absolute Gasteiger partial charge is 0.491 e. The van der Waals surface area contributed by atoms with Crippen LogP contribution in [0.2, 0.25) is 0 Å². The average Bonchev–Trinajstić information content (AvgIpc) is 3.18. The molecule has 3 aromatic rings. The second-order valence-electron chi connectivity index (χ2n) is 8.41. The van der Waals surface area contributed by atoms with Crippen LogP contribution in [0.5, 0.6) is 11.5 Å². The minimum Gasteiger partial charge on any atom is -0.491 e. The lowest BCUT2D eigenvalue weighted by Crippen LogP contribution is -2.35. The molecular weight excluding hydrogens is 412 g/mol. The summed E-state index contributed by atoms with van der Waals surface area (Å²) in [7, 11) is 0. The highest BCUT2D eigenvalue weighted by molar-refractivity contribution is 5.63. The van der Waals surface area contributed by atoms with E-state index in [1.807, 2.05) is 24.3 Å². The van der Waals surface area contributed by atoms with Gasteiger partial charge >= 0.3 is 0 Å². The number of rotatable bonds is 8. The van der Waals surface area contributed by atoms with Crippen LogP contribution in [0, 0.1) is 5.92 Å². The van der Waals surface area contributed by atoms with Gasteiger partial charge in [0.1, 0.15) is 24.7 Å². The van der Waals surface area contributed by atoms with Gasteiger partial charge < -0.3 is 19.7 Å². The molecular formula is C29H28O4. The molecule has 3 aromatic carbocycles. The molecule has 0 saturated carbocycles. The van der Waals surface area contributed by atoms with Gasteiger partial charge in [0.25, 0.3) is 0 Å². The lowest BCUT2D eigenvalue weighted by molar-refractivity contribution is 0.201. The van der Waals surface area contributed by atoms with Crippen LogP contribution in [0.15, 0.2) is 97.1 Å². The maximum Gasteiger partial charge on any atom is 0.119 e. The zero-order valence-electron chi connectivity index (χ0n) is 18.4. The van der Waals surface area contributed by atoms with Crippen molar-refractivity contribution in [2.75, 3.05) is 26.4 Å². The van der Waals surface area contributed by atoms with E-state index in [9.17, 15) is 0 Å². The van der Waals surface area contributed by atoms with Crippen LogP contribution in [0.1, 0.15) is 28.2 Å². The van der Waals surface area contributed by atoms with E-state index in [0.717, 1.165) is 11.5 Å². The zero-order valence-corrected chi connectivity index (χ0v) is 18.4. The van der Waals surface area contributed by atoms with Crippen molar-refractivity contribution in [2.45, 2.75) is 11.3 Å². The second kappa shape index (κ2) is 9.26. The molecule has 0 spiro atoms. The highest BCUT2D eigenvalue weighted by Crippen LogP contribution is 2.59. The van der Waals surface area contributed by atoms with E-state index in [0.29, 0.717) is 5.92 Å². The summed E-state index contributed by atoms with van der Waals surface area (Å²) in [5.74, 6) is 2.02. The van der Waals surface area contributed by atoms with Gasteiger partial charge in [-0.25, -0.2) is 0 Å². The Bertz CT molecular complexity index is 1090. The SMILES string of the molecule is OCCOc1ccc(C2(c3ccc(OCCO)cc3)c3ccccc3C3C=CC=C[C@@H]32)cc1. The van der Waals surface area contributed by atoms with Crippen molar-refractivity contribution in [3.8, 4) is 11.5 Å². The van der Waals surface area contributed by atoms with Crippen LogP contribution < -0.4 is 9.47 Å². The van der Waals surface area contributed by atoms with E-state index in [2.05, 4.69) is 72.8 Å². The molecule has 2 N–H and O–H groups in total. The predicted octanol–water partition coefficient (Wildman–Crippen LogP) is 4.60. The lowest BCUT2D eigenvalue weighted by Gasteiger charge is -2.39. The Balaban J connectivity index is 1.68. The van der Waals surface area contributed by atoms with Gasteiger partial charge in [-0.1, -0.05) is 72.8 Å². The normalized spacial score (nSPS) is 19.7. The average molecular weight is 441 g/mol. The van der Waals surface area contributed by atoms with Crippen molar-refractivity contribution < 1.29 is 19.7 Å². The van der Waals surface area contributed by atoms with Crippen LogP contribution >= 0.6 is 0 Å². The third kappa shape index (κ3) is 3.65. The number of hydrogen-bond donors (Lipinski definition) is 2. The third-order valence-corrected chi connectivity index (χ3v) is 6.72. The maximum absolute atomic E-state index is 9.10. The van der Waals surface area contributed by atoms with Crippen LogP contribution in [0.3, 0.4) is 0 Å². The summed E-state index contributed by atoms with van der Waals surface area (Å²) >= 11 is 0. The van der Waals surface area contributed by atoms with Crippen molar-refractivity contribution in [2.24, 2.45) is 5.92 Å². The van der Waals surface area contributed by atoms with E-state index in [1.54, 1.807) is 0 Å². The van der Waals surface area contributed by atoms with Gasteiger partial charge in [0.15, 0.2) is 0 Å². The van der Waals surface area contributed by atoms with Crippen molar-refractivity contribution in [1.29, 1.82) is 0 Å². The lowest BCUT2D eigenvalue weighted by atomic mass is 9.63. The summed E-state index contributed by atoms with van der Waals surface area (Å²) in [5, 5.41) is 18.2. The Morgan fingerprint density at radius 2 is 1.21 bits per heavy atom. The highest BCUT2D eigenvalue weighted by atomic mass is 16.5. The quantitative estimate of drug-likeness (QED) is 0.537. The predicted molar refractivity (Wildman–Crippen MR) is 129 cm³/mol. The van der Waals surface area contributed by atoms with E-state index in [4.69, 9.17) is 19.7 Å². The topological polar surface area (TPSA) is 58.9 Å². The Morgan fingerprint density at radius 3 is 1.79 bits per heavy atom. The Hall–Kier alpha value is -3.34. The number of aliphatic hydroxyl groups is 2. The molecule has 2 aliphatic rings. The van der Waals surface area contributed by atoms with Crippen LogP contribution in [-0.4, -0.2) is 36.6 Å². The molecule has 5 rings (SSSR count). The molecule has 2 aliphatic carbocycles. The summed E-state index contributed by atoms with van der Waals surface area (Å²) in [5.41, 5.74) is 4.69. The van der Waals surface area contributed by atoms with Gasteiger partial charge in [0.05, 0.1) is 18.6 Å². The van der Waals surface area contributed by atoms with Crippen molar-refractivity contribution in [1.82, 2.24) is 0 Å². The summed E-state index contributed by atoms with van der Waals surface area (Å²) < 4.78 is 11.3. The molecule has 33 heavy (non-hydrogen) atoms. The summed E-state index contributed by atoms with van der Waals surface area (Å²) in [6.45, 7) is 0.539. The van der Waals surface area contributed by atoms with E-state index in [1.165, 1.54) is 22.3 Å². The maximum atomic E-state index is 9.10. The number of fused-ring (bicyclic) bond motifs is 3. The molecule has 0 saturated heterocycles. The molecule has 0 radical (unpaired) electrons. The molecule has 0 aliphatic heterocycles. The number of aliphatic hydroxyl groups excluding tert-OH is 2. The van der Waals surface area contributed by atoms with Crippen LogP contribution in [0.4, 0.5) is 0 Å². The van der Waals surface area contributed by atoms with Gasteiger partial charge in [-0.05, 0) is 46.5 Å². The smallest absolute Gasteiger partial charge is 0.119 e. The molecule has 0 amide bonds. The molecule has 1 unspecified atom stereocenters. The summed E-state index contributed by atoms with van der Waals surface area (Å²) in [6, 6.07) is 25.3. The van der Waals surface area contributed by atoms with Gasteiger partial charge in [0.2, 0.25) is 0 Å². The number of ether oxygens (including phenoxy) is 2. The fourth-order valence-electron chi connectivity index (χ4n) is 5.46.